The molecule has 12 rings (SSSR count). The number of ether oxygens (including phenoxy) is 4. The minimum atomic E-state index is -2.25. The summed E-state index contributed by atoms with van der Waals surface area (Å²) in [7, 11) is -2.25. The Bertz CT molecular complexity index is 2950. The summed E-state index contributed by atoms with van der Waals surface area (Å²) in [4.78, 5) is 10.2. The van der Waals surface area contributed by atoms with Crippen molar-refractivity contribution in [2.75, 3.05) is 13.2 Å². The van der Waals surface area contributed by atoms with Gasteiger partial charge in [0.05, 0.1) is 0 Å². The molecule has 364 valence electrons. The molecule has 4 aliphatic heterocycles. The van der Waals surface area contributed by atoms with E-state index in [1.54, 1.807) is 0 Å². The van der Waals surface area contributed by atoms with Crippen molar-refractivity contribution >= 4 is 20.4 Å². The molecule has 0 saturated carbocycles. The molecule has 0 amide bonds. The Balaban J connectivity index is 0.895. The maximum atomic E-state index is 7.60. The van der Waals surface area contributed by atoms with Gasteiger partial charge in [-0.3, -0.25) is 9.05 Å². The molecule has 0 unspecified atom stereocenters. The fourth-order valence-corrected chi connectivity index (χ4v) is 12.2. The molecule has 0 aromatic heterocycles. The zero-order valence-corrected chi connectivity index (χ0v) is 41.5. The summed E-state index contributed by atoms with van der Waals surface area (Å²) in [6, 6.07) is 78.1. The van der Waals surface area contributed by atoms with E-state index in [4.69, 9.17) is 42.5 Å². The highest BCUT2D eigenvalue weighted by atomic mass is 31.2. The van der Waals surface area contributed by atoms with Crippen LogP contribution in [0.1, 0.15) is 64.9 Å². The molecule has 2 saturated heterocycles. The van der Waals surface area contributed by atoms with Crippen LogP contribution < -0.4 is 4.52 Å². The first-order chi connectivity index (χ1) is 35.8. The molecule has 10 heteroatoms. The lowest BCUT2D eigenvalue weighted by atomic mass is 9.72. The predicted molar refractivity (Wildman–Crippen MR) is 285 cm³/mol. The van der Waals surface area contributed by atoms with Crippen LogP contribution in [0.4, 0.5) is 0 Å². The molecule has 4 aliphatic rings. The van der Waals surface area contributed by atoms with E-state index in [-0.39, 0.29) is 18.0 Å². The second-order valence-electron chi connectivity index (χ2n) is 19.3. The van der Waals surface area contributed by atoms with E-state index < -0.39 is 37.8 Å². The van der Waals surface area contributed by atoms with Crippen LogP contribution in [0.2, 0.25) is 0 Å². The highest BCUT2D eigenvalue weighted by Crippen LogP contribution is 2.65. The van der Waals surface area contributed by atoms with Crippen molar-refractivity contribution in [3.63, 3.8) is 0 Å². The van der Waals surface area contributed by atoms with Crippen molar-refractivity contribution in [2.24, 2.45) is 15.9 Å². The number of benzene rings is 8. The van der Waals surface area contributed by atoms with E-state index >= 15 is 0 Å². The fourth-order valence-electron chi connectivity index (χ4n) is 10.7. The summed E-state index contributed by atoms with van der Waals surface area (Å²) in [5.41, 5.74) is 6.36. The average Bonchev–Trinajstić information content (AvgIpc) is 4.21. The fraction of sp³-hybridized carbons (Fsp3) is 0.206. The van der Waals surface area contributed by atoms with Crippen LogP contribution in [0, 0.1) is 5.92 Å². The molecule has 9 nitrogen and oxygen atoms in total. The molecule has 8 aromatic rings. The van der Waals surface area contributed by atoms with Gasteiger partial charge in [0.2, 0.25) is 0 Å². The first-order valence-electron chi connectivity index (χ1n) is 25.0. The number of hydrogen-bond acceptors (Lipinski definition) is 9. The molecule has 4 heterocycles. The van der Waals surface area contributed by atoms with Crippen molar-refractivity contribution < 1.29 is 32.5 Å². The van der Waals surface area contributed by atoms with Gasteiger partial charge in [0, 0.05) is 0 Å². The quantitative estimate of drug-likeness (QED) is 0.106. The Morgan fingerprint density at radius 2 is 0.890 bits per heavy atom. The van der Waals surface area contributed by atoms with Gasteiger partial charge in [0.25, 0.3) is 0 Å². The lowest BCUT2D eigenvalue weighted by Gasteiger charge is -2.41. The molecule has 2 fully saturated rings. The van der Waals surface area contributed by atoms with Crippen molar-refractivity contribution in [3.8, 4) is 16.9 Å². The second kappa shape index (κ2) is 20.0. The summed E-state index contributed by atoms with van der Waals surface area (Å²) < 4.78 is 49.4. The van der Waals surface area contributed by atoms with Crippen molar-refractivity contribution in [1.29, 1.82) is 0 Å². The van der Waals surface area contributed by atoms with Gasteiger partial charge in [-0.15, -0.1) is 0 Å². The van der Waals surface area contributed by atoms with Crippen LogP contribution in [-0.2, 0) is 45.6 Å². The summed E-state index contributed by atoms with van der Waals surface area (Å²) in [6.07, 6.45) is -0.836. The Morgan fingerprint density at radius 1 is 0.479 bits per heavy atom. The normalized spacial score (nSPS) is 21.8. The summed E-state index contributed by atoms with van der Waals surface area (Å²) in [5.74, 6) is 0.591. The Kier molecular flexibility index (Phi) is 12.8. The van der Waals surface area contributed by atoms with Gasteiger partial charge >= 0.3 is 8.60 Å². The largest absolute Gasteiger partial charge is 0.478 e. The topological polar surface area (TPSA) is 89.3 Å². The van der Waals surface area contributed by atoms with E-state index in [0.717, 1.165) is 50.1 Å². The number of hydrogen-bond donors (Lipinski definition) is 0. The minimum Gasteiger partial charge on any atom is -0.478 e. The minimum absolute atomic E-state index is 0.0904. The first kappa shape index (κ1) is 46.8. The SMILES string of the molecule is CC1(C)O[C@@H]2[C@@H](O1)C(c1ccccc1)(c1ccccc1)OP(Oc1cccc(-c3ccc(CC(C4=N[C@H](c5ccccc5)CO4)C4=N[C@H](c5ccccc5)CO4)cc3)c1)OC2(c1ccccc1)c1ccccc1. The Morgan fingerprint density at radius 3 is 1.32 bits per heavy atom. The van der Waals surface area contributed by atoms with E-state index in [1.165, 1.54) is 0 Å². The molecule has 0 spiro atoms. The van der Waals surface area contributed by atoms with Crippen LogP contribution in [0.25, 0.3) is 11.1 Å². The lowest BCUT2D eigenvalue weighted by Crippen LogP contribution is -2.53. The monoisotopic (exact) mass is 982 g/mol. The van der Waals surface area contributed by atoms with E-state index in [9.17, 15) is 0 Å². The molecule has 73 heavy (non-hydrogen) atoms. The zero-order valence-electron chi connectivity index (χ0n) is 40.6. The molecular weight excluding hydrogens is 928 g/mol. The van der Waals surface area contributed by atoms with Crippen LogP contribution in [0.15, 0.2) is 241 Å². The van der Waals surface area contributed by atoms with Crippen molar-refractivity contribution in [1.82, 2.24) is 0 Å². The highest BCUT2D eigenvalue weighted by Gasteiger charge is 2.67. The summed E-state index contributed by atoms with van der Waals surface area (Å²) >= 11 is 0. The third-order valence-electron chi connectivity index (χ3n) is 14.2. The van der Waals surface area contributed by atoms with Gasteiger partial charge in [0.1, 0.15) is 49.2 Å². The third kappa shape index (κ3) is 9.18. The molecule has 0 aliphatic carbocycles. The zero-order chi connectivity index (χ0) is 49.2. The van der Waals surface area contributed by atoms with Crippen LogP contribution >= 0.6 is 8.60 Å². The first-order valence-corrected chi connectivity index (χ1v) is 26.1. The number of aliphatic imine (C=N–C) groups is 2. The highest BCUT2D eigenvalue weighted by molar-refractivity contribution is 7.42. The second-order valence-corrected chi connectivity index (χ2v) is 20.3. The van der Waals surface area contributed by atoms with Gasteiger partial charge in [0.15, 0.2) is 28.8 Å². The third-order valence-corrected chi connectivity index (χ3v) is 15.4. The maximum Gasteiger partial charge on any atom is 0.399 e. The molecule has 0 N–H and O–H groups in total. The Labute approximate surface area is 428 Å². The Hall–Kier alpha value is -7.23. The van der Waals surface area contributed by atoms with Crippen molar-refractivity contribution in [2.45, 2.75) is 61.5 Å². The van der Waals surface area contributed by atoms with E-state index in [0.29, 0.717) is 37.2 Å². The summed E-state index contributed by atoms with van der Waals surface area (Å²) in [6.45, 7) is 4.86. The van der Waals surface area contributed by atoms with Crippen LogP contribution in [-0.4, -0.2) is 43.0 Å². The van der Waals surface area contributed by atoms with Gasteiger partial charge in [-0.05, 0) is 82.5 Å². The van der Waals surface area contributed by atoms with Gasteiger partial charge in [-0.25, -0.2) is 9.98 Å². The van der Waals surface area contributed by atoms with Crippen molar-refractivity contribution in [3.05, 3.63) is 269 Å². The van der Waals surface area contributed by atoms with E-state index in [1.807, 2.05) is 141 Å². The lowest BCUT2D eigenvalue weighted by molar-refractivity contribution is -0.175. The van der Waals surface area contributed by atoms with Crippen LogP contribution in [0.3, 0.4) is 0 Å². The average molecular weight is 983 g/mol. The molecular formula is C63H55N2O7P. The number of nitrogens with zero attached hydrogens (tertiary/aromatic N) is 2. The molecule has 0 radical (unpaired) electrons. The standard InChI is InChI=1S/C63H55N2O7P/c1-61(2)68-57-58(69-61)63(51-31-17-7-18-32-51,52-33-19-8-20-34-52)72-73(71-62(57,49-27-13-5-14-28-49)50-29-15-6-16-30-50)70-53-35-21-26-48(41-53)45-38-36-44(37-39-45)40-54(59-64-55(42-66-59)46-22-9-3-10-23-46)60-65-56(43-67-60)47-24-11-4-12-25-47/h3-39,41,54-58H,40,42-43H2,1-2H3/t55-,56-,57+,58+/m0/s1. The number of fused-ring (bicyclic) bond motifs is 1. The van der Waals surface area contributed by atoms with Gasteiger partial charge < -0.3 is 23.5 Å². The molecule has 4 atom stereocenters. The maximum absolute atomic E-state index is 7.60. The molecule has 8 aromatic carbocycles. The molecule has 0 bridgehead atoms. The van der Waals surface area contributed by atoms with E-state index in [2.05, 4.69) is 103 Å². The number of rotatable bonds is 13. The van der Waals surface area contributed by atoms with Gasteiger partial charge in [-0.2, -0.15) is 0 Å². The van der Waals surface area contributed by atoms with Gasteiger partial charge in [-0.1, -0.05) is 218 Å². The smallest absolute Gasteiger partial charge is 0.399 e. The predicted octanol–water partition coefficient (Wildman–Crippen LogP) is 13.9. The summed E-state index contributed by atoms with van der Waals surface area (Å²) in [5, 5.41) is 0. The van der Waals surface area contributed by atoms with Crippen LogP contribution in [0.5, 0.6) is 5.75 Å².